The maximum absolute atomic E-state index is 10.9. The molecule has 16 heavy (non-hydrogen) atoms. The van der Waals surface area contributed by atoms with Gasteiger partial charge in [-0.05, 0) is 12.8 Å². The van der Waals surface area contributed by atoms with Crippen molar-refractivity contribution in [1.29, 1.82) is 0 Å². The first-order valence-electron chi connectivity index (χ1n) is 5.44. The Morgan fingerprint density at radius 1 is 0.938 bits per heavy atom. The van der Waals surface area contributed by atoms with Crippen molar-refractivity contribution in [2.24, 2.45) is 5.41 Å². The van der Waals surface area contributed by atoms with Crippen molar-refractivity contribution in [2.45, 2.75) is 52.4 Å². The Balaban J connectivity index is 0. The summed E-state index contributed by atoms with van der Waals surface area (Å²) in [5, 5.41) is 21.9. The largest absolute Gasteiger partial charge is 2.00 e. The van der Waals surface area contributed by atoms with Crippen molar-refractivity contribution >= 4 is 60.8 Å². The maximum Gasteiger partial charge on any atom is 2.00 e. The van der Waals surface area contributed by atoms with Crippen molar-refractivity contribution in [1.82, 2.24) is 0 Å². The zero-order valence-corrected chi connectivity index (χ0v) is 14.5. The molecule has 0 unspecified atom stereocenters. The van der Waals surface area contributed by atoms with E-state index in [-0.39, 0.29) is 61.7 Å². The number of hydrogen-bond acceptors (Lipinski definition) is 4. The second-order valence-corrected chi connectivity index (χ2v) is 3.86. The zero-order chi connectivity index (χ0) is 11.9. The zero-order valence-electron chi connectivity index (χ0n) is 10.1. The van der Waals surface area contributed by atoms with Gasteiger partial charge in [-0.2, -0.15) is 0 Å². The van der Waals surface area contributed by atoms with E-state index in [1.165, 1.54) is 0 Å². The standard InChI is InChI=1S/C11H20O4.Ba/c1-3-5-7-11(9(12)13,10(14)15)8-6-4-2;/h3-8H2,1-2H3,(H,12,13)(H,14,15);/q;+2/p-2. The third-order valence-electron chi connectivity index (χ3n) is 2.70. The second kappa shape index (κ2) is 9.53. The third-order valence-corrected chi connectivity index (χ3v) is 2.70. The summed E-state index contributed by atoms with van der Waals surface area (Å²) in [6.07, 6.45) is 2.85. The van der Waals surface area contributed by atoms with Gasteiger partial charge in [-0.15, -0.1) is 0 Å². The van der Waals surface area contributed by atoms with E-state index in [2.05, 4.69) is 0 Å². The van der Waals surface area contributed by atoms with Crippen LogP contribution in [0.5, 0.6) is 0 Å². The third kappa shape index (κ3) is 5.23. The van der Waals surface area contributed by atoms with E-state index in [4.69, 9.17) is 0 Å². The van der Waals surface area contributed by atoms with E-state index in [1.54, 1.807) is 0 Å². The van der Waals surface area contributed by atoms with Crippen LogP contribution in [0.4, 0.5) is 0 Å². The molecule has 0 aliphatic rings. The first kappa shape index (κ1) is 18.9. The van der Waals surface area contributed by atoms with Gasteiger partial charge in [0, 0.05) is 5.41 Å². The van der Waals surface area contributed by atoms with Crippen LogP contribution in [0.1, 0.15) is 52.4 Å². The van der Waals surface area contributed by atoms with Crippen molar-refractivity contribution in [3.8, 4) is 0 Å². The Morgan fingerprint density at radius 2 is 1.25 bits per heavy atom. The number of carboxylic acid groups (broad SMARTS) is 2. The molecule has 0 saturated carbocycles. The molecule has 0 atom stereocenters. The molecular formula is C11H18BaO4. The number of rotatable bonds is 8. The number of aliphatic carboxylic acids is 2. The van der Waals surface area contributed by atoms with Crippen LogP contribution in [0.15, 0.2) is 0 Å². The molecule has 0 aromatic rings. The van der Waals surface area contributed by atoms with Crippen LogP contribution in [-0.2, 0) is 9.59 Å². The number of unbranched alkanes of at least 4 members (excludes halogenated alkanes) is 2. The van der Waals surface area contributed by atoms with Gasteiger partial charge in [-0.25, -0.2) is 0 Å². The van der Waals surface area contributed by atoms with E-state index in [0.29, 0.717) is 12.8 Å². The van der Waals surface area contributed by atoms with Crippen molar-refractivity contribution in [3.05, 3.63) is 0 Å². The minimum atomic E-state index is -1.79. The smallest absolute Gasteiger partial charge is 0.549 e. The van der Waals surface area contributed by atoms with Gasteiger partial charge in [-0.3, -0.25) is 0 Å². The minimum absolute atomic E-state index is 0. The number of carboxylic acids is 2. The SMILES string of the molecule is CCCCC(CCCC)(C(=O)[O-])C(=O)[O-].[Ba+2]. The summed E-state index contributed by atoms with van der Waals surface area (Å²) < 4.78 is 0. The Kier molecular flexibility index (Phi) is 11.2. The molecule has 0 radical (unpaired) electrons. The van der Waals surface area contributed by atoms with Crippen LogP contribution in [0.2, 0.25) is 0 Å². The quantitative estimate of drug-likeness (QED) is 0.435. The van der Waals surface area contributed by atoms with Crippen LogP contribution in [0.3, 0.4) is 0 Å². The maximum atomic E-state index is 10.9. The first-order valence-corrected chi connectivity index (χ1v) is 5.44. The Labute approximate surface area is 137 Å². The predicted octanol–water partition coefficient (Wildman–Crippen LogP) is -0.528. The molecule has 0 fully saturated rings. The molecule has 0 aliphatic heterocycles. The molecule has 88 valence electrons. The van der Waals surface area contributed by atoms with E-state index in [9.17, 15) is 19.8 Å². The molecule has 0 bridgehead atoms. The van der Waals surface area contributed by atoms with E-state index in [0.717, 1.165) is 12.8 Å². The van der Waals surface area contributed by atoms with Gasteiger partial charge in [0.05, 0.1) is 11.9 Å². The molecule has 0 saturated heterocycles. The van der Waals surface area contributed by atoms with Crippen LogP contribution in [0, 0.1) is 5.41 Å². The van der Waals surface area contributed by atoms with Gasteiger partial charge in [0.1, 0.15) is 0 Å². The fourth-order valence-corrected chi connectivity index (χ4v) is 1.57. The first-order chi connectivity index (χ1) is 7.01. The molecule has 0 aliphatic carbocycles. The molecule has 0 amide bonds. The fourth-order valence-electron chi connectivity index (χ4n) is 1.57. The topological polar surface area (TPSA) is 80.3 Å². The second-order valence-electron chi connectivity index (χ2n) is 3.86. The molecule has 0 rings (SSSR count). The van der Waals surface area contributed by atoms with Gasteiger partial charge in [0.25, 0.3) is 0 Å². The predicted molar refractivity (Wildman–Crippen MR) is 57.3 cm³/mol. The van der Waals surface area contributed by atoms with Gasteiger partial charge in [0.2, 0.25) is 0 Å². The molecule has 0 N–H and O–H groups in total. The Bertz CT molecular complexity index is 204. The number of hydrogen-bond donors (Lipinski definition) is 0. The molecule has 0 aromatic carbocycles. The van der Waals surface area contributed by atoms with Crippen molar-refractivity contribution in [2.75, 3.05) is 0 Å². The Morgan fingerprint density at radius 3 is 1.44 bits per heavy atom. The van der Waals surface area contributed by atoms with Crippen LogP contribution >= 0.6 is 0 Å². The monoisotopic (exact) mass is 352 g/mol. The summed E-state index contributed by atoms with van der Waals surface area (Å²) in [6, 6.07) is 0. The van der Waals surface area contributed by atoms with Gasteiger partial charge in [-0.1, -0.05) is 39.5 Å². The molecule has 0 heterocycles. The summed E-state index contributed by atoms with van der Waals surface area (Å²) in [6.45, 7) is 3.77. The Hall–Kier alpha value is 0.511. The summed E-state index contributed by atoms with van der Waals surface area (Å²) in [5.41, 5.74) is -1.79. The van der Waals surface area contributed by atoms with E-state index >= 15 is 0 Å². The summed E-state index contributed by atoms with van der Waals surface area (Å²) in [4.78, 5) is 21.9. The van der Waals surface area contributed by atoms with Crippen molar-refractivity contribution in [3.63, 3.8) is 0 Å². The molecular weight excluding hydrogens is 333 g/mol. The molecule has 4 nitrogen and oxygen atoms in total. The normalized spacial score (nSPS) is 10.6. The summed E-state index contributed by atoms with van der Waals surface area (Å²) >= 11 is 0. The number of carbonyl (C=O) groups excluding carboxylic acids is 2. The van der Waals surface area contributed by atoms with Crippen LogP contribution in [0.25, 0.3) is 0 Å². The molecule has 5 heteroatoms. The molecule has 0 aromatic heterocycles. The van der Waals surface area contributed by atoms with E-state index < -0.39 is 17.4 Å². The van der Waals surface area contributed by atoms with Gasteiger partial charge < -0.3 is 19.8 Å². The number of carbonyl (C=O) groups is 2. The summed E-state index contributed by atoms with van der Waals surface area (Å²) in [5.74, 6) is -3.02. The fraction of sp³-hybridized carbons (Fsp3) is 0.818. The van der Waals surface area contributed by atoms with Crippen LogP contribution in [-0.4, -0.2) is 60.8 Å². The van der Waals surface area contributed by atoms with Gasteiger partial charge in [0.15, 0.2) is 0 Å². The van der Waals surface area contributed by atoms with Gasteiger partial charge >= 0.3 is 48.9 Å². The average molecular weight is 352 g/mol. The van der Waals surface area contributed by atoms with Crippen molar-refractivity contribution < 1.29 is 19.8 Å². The van der Waals surface area contributed by atoms with Crippen LogP contribution < -0.4 is 10.2 Å². The average Bonchev–Trinajstić information content (AvgIpc) is 2.17. The minimum Gasteiger partial charge on any atom is -0.549 e. The van der Waals surface area contributed by atoms with E-state index in [1.807, 2.05) is 13.8 Å². The molecule has 0 spiro atoms. The summed E-state index contributed by atoms with van der Waals surface area (Å²) in [7, 11) is 0.